The number of carboxylic acid groups (broad SMARTS) is 1. The summed E-state index contributed by atoms with van der Waals surface area (Å²) in [6.45, 7) is 0.630. The summed E-state index contributed by atoms with van der Waals surface area (Å²) in [5, 5.41) is 12.4. The van der Waals surface area contributed by atoms with Crippen molar-refractivity contribution in [2.75, 3.05) is 7.11 Å². The molecule has 0 fully saturated rings. The number of hydrogen-bond acceptors (Lipinski definition) is 3. The Balaban J connectivity index is 2.07. The molecule has 0 radical (unpaired) electrons. The minimum Gasteiger partial charge on any atom is -0.497 e. The highest BCUT2D eigenvalue weighted by Crippen LogP contribution is 2.21. The number of benzene rings is 2. The molecule has 0 saturated carbocycles. The lowest BCUT2D eigenvalue weighted by Gasteiger charge is -2.18. The molecule has 4 nitrogen and oxygen atoms in total. The van der Waals surface area contributed by atoms with Crippen molar-refractivity contribution < 1.29 is 14.6 Å². The molecule has 1 atom stereocenters. The third-order valence-electron chi connectivity index (χ3n) is 3.29. The molecule has 2 N–H and O–H groups in total. The van der Waals surface area contributed by atoms with Gasteiger partial charge in [-0.05, 0) is 23.3 Å². The smallest absolute Gasteiger partial charge is 0.305 e. The maximum atomic E-state index is 11.1. The summed E-state index contributed by atoms with van der Waals surface area (Å²) in [7, 11) is 1.61. The molecule has 2 rings (SSSR count). The molecule has 2 aromatic rings. The fourth-order valence-corrected chi connectivity index (χ4v) is 2.16. The number of ether oxygens (including phenoxy) is 1. The largest absolute Gasteiger partial charge is 0.497 e. The summed E-state index contributed by atoms with van der Waals surface area (Å²) in [6, 6.07) is 17.2. The van der Waals surface area contributed by atoms with Gasteiger partial charge in [0.25, 0.3) is 0 Å². The average molecular weight is 285 g/mol. The molecule has 0 heterocycles. The van der Waals surface area contributed by atoms with Gasteiger partial charge in [0.15, 0.2) is 0 Å². The minimum absolute atomic E-state index is 0.0408. The van der Waals surface area contributed by atoms with Crippen LogP contribution in [0.25, 0.3) is 0 Å². The van der Waals surface area contributed by atoms with E-state index in [2.05, 4.69) is 5.32 Å². The predicted molar refractivity (Wildman–Crippen MR) is 81.3 cm³/mol. The zero-order valence-electron chi connectivity index (χ0n) is 12.0. The molecule has 0 bridgehead atoms. The Hall–Kier alpha value is -2.33. The van der Waals surface area contributed by atoms with Crippen molar-refractivity contribution in [3.63, 3.8) is 0 Å². The standard InChI is InChI=1S/C17H19NO3/c1-21-15-9-7-14(8-10-15)16(11-17(19)20)18-12-13-5-3-2-4-6-13/h2-10,16,18H,11-12H2,1H3,(H,19,20). The van der Waals surface area contributed by atoms with E-state index in [-0.39, 0.29) is 12.5 Å². The van der Waals surface area contributed by atoms with Gasteiger partial charge in [0, 0.05) is 12.6 Å². The average Bonchev–Trinajstić information content (AvgIpc) is 2.52. The molecule has 0 aliphatic heterocycles. The van der Waals surface area contributed by atoms with Gasteiger partial charge in [0.1, 0.15) is 5.75 Å². The third kappa shape index (κ3) is 4.61. The van der Waals surface area contributed by atoms with Crippen molar-refractivity contribution in [3.05, 3.63) is 65.7 Å². The van der Waals surface area contributed by atoms with E-state index in [1.807, 2.05) is 54.6 Å². The fraction of sp³-hybridized carbons (Fsp3) is 0.235. The lowest BCUT2D eigenvalue weighted by molar-refractivity contribution is -0.137. The van der Waals surface area contributed by atoms with Crippen LogP contribution in [0.1, 0.15) is 23.6 Å². The van der Waals surface area contributed by atoms with Crippen LogP contribution in [0.5, 0.6) is 5.75 Å². The molecular weight excluding hydrogens is 266 g/mol. The van der Waals surface area contributed by atoms with Crippen LogP contribution in [0, 0.1) is 0 Å². The highest BCUT2D eigenvalue weighted by molar-refractivity contribution is 5.68. The maximum absolute atomic E-state index is 11.1. The van der Waals surface area contributed by atoms with Crippen LogP contribution in [0.4, 0.5) is 0 Å². The Morgan fingerprint density at radius 3 is 2.38 bits per heavy atom. The van der Waals surface area contributed by atoms with Crippen molar-refractivity contribution in [2.45, 2.75) is 19.0 Å². The van der Waals surface area contributed by atoms with E-state index in [1.165, 1.54) is 0 Å². The number of carboxylic acids is 1. The first-order valence-electron chi connectivity index (χ1n) is 6.82. The summed E-state index contributed by atoms with van der Waals surface area (Å²) < 4.78 is 5.12. The molecule has 1 unspecified atom stereocenters. The zero-order valence-corrected chi connectivity index (χ0v) is 12.0. The van der Waals surface area contributed by atoms with Crippen LogP contribution in [0.2, 0.25) is 0 Å². The zero-order chi connectivity index (χ0) is 15.1. The van der Waals surface area contributed by atoms with Crippen LogP contribution >= 0.6 is 0 Å². The summed E-state index contributed by atoms with van der Waals surface area (Å²) in [5.41, 5.74) is 2.07. The molecule has 0 aliphatic carbocycles. The van der Waals surface area contributed by atoms with Gasteiger partial charge in [-0.15, -0.1) is 0 Å². The van der Waals surface area contributed by atoms with Gasteiger partial charge in [-0.3, -0.25) is 4.79 Å². The van der Waals surface area contributed by atoms with Crippen LogP contribution in [-0.4, -0.2) is 18.2 Å². The quantitative estimate of drug-likeness (QED) is 0.821. The van der Waals surface area contributed by atoms with Gasteiger partial charge >= 0.3 is 5.97 Å². The first-order valence-corrected chi connectivity index (χ1v) is 6.82. The second-order valence-electron chi connectivity index (χ2n) is 4.79. The molecule has 4 heteroatoms. The second-order valence-corrected chi connectivity index (χ2v) is 4.79. The Morgan fingerprint density at radius 2 is 1.81 bits per heavy atom. The summed E-state index contributed by atoms with van der Waals surface area (Å²) in [6.07, 6.45) is 0.0408. The normalized spacial score (nSPS) is 11.9. The van der Waals surface area contributed by atoms with E-state index in [0.29, 0.717) is 6.54 Å². The lowest BCUT2D eigenvalue weighted by atomic mass is 10.0. The molecule has 0 aliphatic rings. The van der Waals surface area contributed by atoms with E-state index in [0.717, 1.165) is 16.9 Å². The Bertz CT molecular complexity index is 566. The highest BCUT2D eigenvalue weighted by Gasteiger charge is 2.15. The summed E-state index contributed by atoms with van der Waals surface area (Å²) in [5.74, 6) is -0.0627. The number of aliphatic carboxylic acids is 1. The molecule has 0 spiro atoms. The lowest BCUT2D eigenvalue weighted by Crippen LogP contribution is -2.23. The predicted octanol–water partition coefficient (Wildman–Crippen LogP) is 3.00. The molecular formula is C17H19NO3. The van der Waals surface area contributed by atoms with E-state index in [9.17, 15) is 4.79 Å². The molecule has 21 heavy (non-hydrogen) atoms. The van der Waals surface area contributed by atoms with Crippen molar-refractivity contribution in [2.24, 2.45) is 0 Å². The van der Waals surface area contributed by atoms with E-state index in [4.69, 9.17) is 9.84 Å². The van der Waals surface area contributed by atoms with E-state index < -0.39 is 5.97 Å². The van der Waals surface area contributed by atoms with Gasteiger partial charge < -0.3 is 15.2 Å². The van der Waals surface area contributed by atoms with Crippen molar-refractivity contribution >= 4 is 5.97 Å². The number of nitrogens with one attached hydrogen (secondary N) is 1. The number of hydrogen-bond donors (Lipinski definition) is 2. The molecule has 0 aromatic heterocycles. The fourth-order valence-electron chi connectivity index (χ4n) is 2.16. The van der Waals surface area contributed by atoms with Crippen LogP contribution in [0.3, 0.4) is 0 Å². The number of carbonyl (C=O) groups is 1. The van der Waals surface area contributed by atoms with Crippen molar-refractivity contribution in [1.82, 2.24) is 5.32 Å². The Morgan fingerprint density at radius 1 is 1.14 bits per heavy atom. The number of rotatable bonds is 7. The van der Waals surface area contributed by atoms with E-state index in [1.54, 1.807) is 7.11 Å². The number of methoxy groups -OCH3 is 1. The van der Waals surface area contributed by atoms with E-state index >= 15 is 0 Å². The van der Waals surface area contributed by atoms with Gasteiger partial charge in [-0.25, -0.2) is 0 Å². The molecule has 2 aromatic carbocycles. The minimum atomic E-state index is -0.823. The topological polar surface area (TPSA) is 58.6 Å². The van der Waals surface area contributed by atoms with Gasteiger partial charge in [-0.2, -0.15) is 0 Å². The van der Waals surface area contributed by atoms with Crippen molar-refractivity contribution in [3.8, 4) is 5.75 Å². The third-order valence-corrected chi connectivity index (χ3v) is 3.29. The first-order chi connectivity index (χ1) is 10.2. The van der Waals surface area contributed by atoms with Gasteiger partial charge in [-0.1, -0.05) is 42.5 Å². The SMILES string of the molecule is COc1ccc(C(CC(=O)O)NCc2ccccc2)cc1. The monoisotopic (exact) mass is 285 g/mol. The van der Waals surface area contributed by atoms with Gasteiger partial charge in [0.2, 0.25) is 0 Å². The molecule has 0 amide bonds. The summed E-state index contributed by atoms with van der Waals surface area (Å²) >= 11 is 0. The Labute approximate surface area is 124 Å². The maximum Gasteiger partial charge on any atom is 0.305 e. The van der Waals surface area contributed by atoms with Crippen molar-refractivity contribution in [1.29, 1.82) is 0 Å². The Kier molecular flexibility index (Phi) is 5.35. The molecule has 0 saturated heterocycles. The second kappa shape index (κ2) is 7.45. The summed E-state index contributed by atoms with van der Waals surface area (Å²) in [4.78, 5) is 11.1. The van der Waals surface area contributed by atoms with Crippen LogP contribution < -0.4 is 10.1 Å². The first kappa shape index (κ1) is 15.1. The van der Waals surface area contributed by atoms with Gasteiger partial charge in [0.05, 0.1) is 13.5 Å². The highest BCUT2D eigenvalue weighted by atomic mass is 16.5. The van der Waals surface area contributed by atoms with Crippen LogP contribution in [-0.2, 0) is 11.3 Å². The van der Waals surface area contributed by atoms with Crippen LogP contribution in [0.15, 0.2) is 54.6 Å². The molecule has 110 valence electrons.